The molecule has 3 rings (SSSR count). The molecule has 2 aromatic carbocycles. The van der Waals surface area contributed by atoms with Crippen LogP contribution in [0.25, 0.3) is 0 Å². The molecule has 0 saturated heterocycles. The number of anilines is 1. The first-order valence-corrected chi connectivity index (χ1v) is 6.89. The van der Waals surface area contributed by atoms with Crippen molar-refractivity contribution in [2.75, 3.05) is 5.32 Å². The Hall–Kier alpha value is -1.25. The maximum atomic E-state index is 13.4. The van der Waals surface area contributed by atoms with Gasteiger partial charge in [0.05, 0.1) is 11.1 Å². The molecule has 0 saturated carbocycles. The van der Waals surface area contributed by atoms with Crippen LogP contribution >= 0.6 is 23.2 Å². The molecule has 1 nitrogen and oxygen atoms in total. The van der Waals surface area contributed by atoms with Crippen LogP contribution in [0.1, 0.15) is 23.6 Å². The van der Waals surface area contributed by atoms with Gasteiger partial charge in [0.2, 0.25) is 0 Å². The fraction of sp³-hybridized carbons (Fsp3) is 0.200. The smallest absolute Gasteiger partial charge is 0.143 e. The third kappa shape index (κ3) is 2.56. The normalized spacial score (nSPS) is 17.3. The van der Waals surface area contributed by atoms with E-state index in [-0.39, 0.29) is 11.1 Å². The Morgan fingerprint density at radius 2 is 1.95 bits per heavy atom. The highest BCUT2D eigenvalue weighted by molar-refractivity contribution is 6.31. The van der Waals surface area contributed by atoms with E-state index in [0.29, 0.717) is 0 Å². The summed E-state index contributed by atoms with van der Waals surface area (Å²) in [5, 5.41) is 4.25. The number of hydrogen-bond donors (Lipinski definition) is 1. The predicted molar refractivity (Wildman–Crippen MR) is 77.5 cm³/mol. The maximum absolute atomic E-state index is 13.4. The van der Waals surface area contributed by atoms with Crippen LogP contribution in [0, 0.1) is 5.82 Å². The first-order valence-electron chi connectivity index (χ1n) is 6.13. The minimum atomic E-state index is -0.402. The molecule has 0 bridgehead atoms. The van der Waals surface area contributed by atoms with Crippen molar-refractivity contribution in [3.63, 3.8) is 0 Å². The summed E-state index contributed by atoms with van der Waals surface area (Å²) in [6, 6.07) is 10.9. The third-order valence-electron chi connectivity index (χ3n) is 3.44. The van der Waals surface area contributed by atoms with Crippen molar-refractivity contribution in [2.24, 2.45) is 0 Å². The number of hydrogen-bond acceptors (Lipinski definition) is 1. The van der Waals surface area contributed by atoms with Crippen LogP contribution in [-0.4, -0.2) is 0 Å². The van der Waals surface area contributed by atoms with Gasteiger partial charge in [-0.1, -0.05) is 29.3 Å². The molecule has 1 unspecified atom stereocenters. The van der Waals surface area contributed by atoms with E-state index in [1.165, 1.54) is 17.2 Å². The van der Waals surface area contributed by atoms with Crippen molar-refractivity contribution in [3.05, 3.63) is 63.4 Å². The molecule has 0 heterocycles. The van der Waals surface area contributed by atoms with Gasteiger partial charge in [-0.25, -0.2) is 4.39 Å². The molecule has 0 fully saturated rings. The van der Waals surface area contributed by atoms with Gasteiger partial charge in [0.15, 0.2) is 0 Å². The molecule has 1 atom stereocenters. The SMILES string of the molecule is Fc1cc(NC2CCc3cc(Cl)ccc32)ccc1Cl. The van der Waals surface area contributed by atoms with Gasteiger partial charge < -0.3 is 5.32 Å². The van der Waals surface area contributed by atoms with E-state index in [4.69, 9.17) is 23.2 Å². The van der Waals surface area contributed by atoms with E-state index in [1.54, 1.807) is 12.1 Å². The fourth-order valence-corrected chi connectivity index (χ4v) is 2.84. The van der Waals surface area contributed by atoms with Gasteiger partial charge in [-0.2, -0.15) is 0 Å². The molecule has 19 heavy (non-hydrogen) atoms. The molecule has 0 spiro atoms. The zero-order valence-electron chi connectivity index (χ0n) is 10.1. The highest BCUT2D eigenvalue weighted by Gasteiger charge is 2.22. The lowest BCUT2D eigenvalue weighted by Crippen LogP contribution is -2.07. The zero-order chi connectivity index (χ0) is 13.4. The molecule has 0 radical (unpaired) electrons. The van der Waals surface area contributed by atoms with Crippen LogP contribution in [0.2, 0.25) is 10.0 Å². The Labute approximate surface area is 121 Å². The van der Waals surface area contributed by atoms with E-state index >= 15 is 0 Å². The summed E-state index contributed by atoms with van der Waals surface area (Å²) in [6.45, 7) is 0. The molecule has 0 amide bonds. The van der Waals surface area contributed by atoms with Crippen LogP contribution in [0.15, 0.2) is 36.4 Å². The molecule has 4 heteroatoms. The monoisotopic (exact) mass is 295 g/mol. The van der Waals surface area contributed by atoms with Gasteiger partial charge in [-0.05, 0) is 54.3 Å². The minimum Gasteiger partial charge on any atom is -0.378 e. The number of benzene rings is 2. The van der Waals surface area contributed by atoms with Crippen molar-refractivity contribution in [1.82, 2.24) is 0 Å². The van der Waals surface area contributed by atoms with Crippen LogP contribution in [0.5, 0.6) is 0 Å². The first kappa shape index (κ1) is 12.8. The molecule has 1 N–H and O–H groups in total. The topological polar surface area (TPSA) is 12.0 Å². The van der Waals surface area contributed by atoms with E-state index in [2.05, 4.69) is 5.32 Å². The van der Waals surface area contributed by atoms with Gasteiger partial charge in [0.25, 0.3) is 0 Å². The van der Waals surface area contributed by atoms with Crippen molar-refractivity contribution < 1.29 is 4.39 Å². The summed E-state index contributed by atoms with van der Waals surface area (Å²) >= 11 is 11.7. The van der Waals surface area contributed by atoms with E-state index < -0.39 is 5.82 Å². The summed E-state index contributed by atoms with van der Waals surface area (Å²) < 4.78 is 13.4. The second kappa shape index (κ2) is 5.03. The average Bonchev–Trinajstić information content (AvgIpc) is 2.76. The van der Waals surface area contributed by atoms with Gasteiger partial charge in [-0.3, -0.25) is 0 Å². The van der Waals surface area contributed by atoms with Crippen molar-refractivity contribution in [1.29, 1.82) is 0 Å². The number of halogens is 3. The van der Waals surface area contributed by atoms with Gasteiger partial charge in [0, 0.05) is 10.7 Å². The average molecular weight is 296 g/mol. The largest absolute Gasteiger partial charge is 0.378 e. The standard InChI is InChI=1S/C15H12Cl2FN/c16-10-2-4-12-9(7-10)1-6-15(12)19-11-3-5-13(17)14(18)8-11/h2-5,7-8,15,19H,1,6H2. The Bertz CT molecular complexity index is 628. The molecule has 0 aromatic heterocycles. The maximum Gasteiger partial charge on any atom is 0.143 e. The van der Waals surface area contributed by atoms with Crippen LogP contribution in [0.3, 0.4) is 0 Å². The molecule has 1 aliphatic rings. The third-order valence-corrected chi connectivity index (χ3v) is 3.98. The number of nitrogens with one attached hydrogen (secondary N) is 1. The molecular weight excluding hydrogens is 284 g/mol. The molecule has 1 aliphatic carbocycles. The van der Waals surface area contributed by atoms with E-state index in [0.717, 1.165) is 23.6 Å². The van der Waals surface area contributed by atoms with Crippen molar-refractivity contribution in [3.8, 4) is 0 Å². The number of fused-ring (bicyclic) bond motifs is 1. The summed E-state index contributed by atoms with van der Waals surface area (Å²) in [4.78, 5) is 0. The molecule has 0 aliphatic heterocycles. The van der Waals surface area contributed by atoms with Crippen LogP contribution < -0.4 is 5.32 Å². The van der Waals surface area contributed by atoms with E-state index in [1.807, 2.05) is 18.2 Å². The Kier molecular flexibility index (Phi) is 3.38. The molecule has 98 valence electrons. The summed E-state index contributed by atoms with van der Waals surface area (Å²) in [7, 11) is 0. The summed E-state index contributed by atoms with van der Waals surface area (Å²) in [5.74, 6) is -0.402. The Morgan fingerprint density at radius 1 is 1.11 bits per heavy atom. The van der Waals surface area contributed by atoms with Crippen LogP contribution in [-0.2, 0) is 6.42 Å². The van der Waals surface area contributed by atoms with Crippen molar-refractivity contribution >= 4 is 28.9 Å². The lowest BCUT2D eigenvalue weighted by molar-refractivity contribution is 0.628. The Morgan fingerprint density at radius 3 is 2.74 bits per heavy atom. The Balaban J connectivity index is 1.84. The molecule has 2 aromatic rings. The highest BCUT2D eigenvalue weighted by Crippen LogP contribution is 2.35. The lowest BCUT2D eigenvalue weighted by atomic mass is 10.1. The summed E-state index contributed by atoms with van der Waals surface area (Å²) in [6.07, 6.45) is 1.98. The second-order valence-electron chi connectivity index (χ2n) is 4.71. The lowest BCUT2D eigenvalue weighted by Gasteiger charge is -2.16. The zero-order valence-corrected chi connectivity index (χ0v) is 11.6. The van der Waals surface area contributed by atoms with E-state index in [9.17, 15) is 4.39 Å². The van der Waals surface area contributed by atoms with Crippen LogP contribution in [0.4, 0.5) is 10.1 Å². The second-order valence-corrected chi connectivity index (χ2v) is 5.55. The number of rotatable bonds is 2. The fourth-order valence-electron chi connectivity index (χ4n) is 2.52. The van der Waals surface area contributed by atoms with Crippen molar-refractivity contribution in [2.45, 2.75) is 18.9 Å². The van der Waals surface area contributed by atoms with Gasteiger partial charge in [0.1, 0.15) is 5.82 Å². The number of aryl methyl sites for hydroxylation is 1. The first-order chi connectivity index (χ1) is 9.13. The highest BCUT2D eigenvalue weighted by atomic mass is 35.5. The quantitative estimate of drug-likeness (QED) is 0.800. The van der Waals surface area contributed by atoms with Gasteiger partial charge in [-0.15, -0.1) is 0 Å². The summed E-state index contributed by atoms with van der Waals surface area (Å²) in [5.41, 5.74) is 3.24. The van der Waals surface area contributed by atoms with Gasteiger partial charge >= 0.3 is 0 Å². The minimum absolute atomic E-state index is 0.143. The molecular formula is C15H12Cl2FN. The predicted octanol–water partition coefficient (Wildman–Crippen LogP) is 5.23.